The van der Waals surface area contributed by atoms with Gasteiger partial charge in [-0.25, -0.2) is 4.98 Å². The van der Waals surface area contributed by atoms with Gasteiger partial charge in [-0.05, 0) is 54.8 Å². The third-order valence-corrected chi connectivity index (χ3v) is 5.04. The molecular weight excluding hydrogens is 330 g/mol. The lowest BCUT2D eigenvalue weighted by atomic mass is 10.1. The van der Waals surface area contributed by atoms with Gasteiger partial charge in [0.05, 0.1) is 10.2 Å². The zero-order valence-corrected chi connectivity index (χ0v) is 13.8. The zero-order valence-electron chi connectivity index (χ0n) is 11.4. The maximum atomic E-state index is 4.68. The average molecular weight is 344 g/mol. The molecule has 0 saturated heterocycles. The van der Waals surface area contributed by atoms with Crippen LogP contribution < -0.4 is 0 Å². The van der Waals surface area contributed by atoms with Gasteiger partial charge >= 0.3 is 0 Å². The lowest BCUT2D eigenvalue weighted by Crippen LogP contribution is -1.79. The van der Waals surface area contributed by atoms with Crippen LogP contribution >= 0.6 is 27.3 Å². The fourth-order valence-electron chi connectivity index (χ4n) is 2.04. The Bertz CT molecular complexity index is 763. The molecule has 20 heavy (non-hydrogen) atoms. The van der Waals surface area contributed by atoms with Crippen LogP contribution in [0.5, 0.6) is 0 Å². The minimum absolute atomic E-state index is 1.04. The summed E-state index contributed by atoms with van der Waals surface area (Å²) in [6.45, 7) is 4.27. The molecule has 1 nitrogen and oxygen atoms in total. The summed E-state index contributed by atoms with van der Waals surface area (Å²) in [5, 5.41) is 1.04. The molecule has 0 fully saturated rings. The lowest BCUT2D eigenvalue weighted by Gasteiger charge is -1.96. The molecule has 0 N–H and O–H groups in total. The standard InChI is InChI=1S/C17H14BrNS/c1-11-9-15-16(10-12(11)2)20-17(19-15)8-7-13-5-3-4-6-14(13)18/h3-10H,1-2H3. The van der Waals surface area contributed by atoms with Crippen LogP contribution in [-0.2, 0) is 0 Å². The van der Waals surface area contributed by atoms with Gasteiger partial charge in [0.15, 0.2) is 0 Å². The Labute approximate surface area is 131 Å². The number of rotatable bonds is 2. The number of hydrogen-bond donors (Lipinski definition) is 0. The molecule has 0 atom stereocenters. The van der Waals surface area contributed by atoms with Crippen molar-refractivity contribution in [3.63, 3.8) is 0 Å². The van der Waals surface area contributed by atoms with Gasteiger partial charge in [0.25, 0.3) is 0 Å². The van der Waals surface area contributed by atoms with Crippen LogP contribution in [0.2, 0.25) is 0 Å². The van der Waals surface area contributed by atoms with Crippen LogP contribution in [-0.4, -0.2) is 4.98 Å². The number of halogens is 1. The van der Waals surface area contributed by atoms with Crippen molar-refractivity contribution in [2.24, 2.45) is 0 Å². The summed E-state index contributed by atoms with van der Waals surface area (Å²) in [5.41, 5.74) is 4.87. The smallest absolute Gasteiger partial charge is 0.117 e. The number of thiazole rings is 1. The van der Waals surface area contributed by atoms with Gasteiger partial charge in [-0.2, -0.15) is 0 Å². The molecule has 100 valence electrons. The van der Waals surface area contributed by atoms with Crippen molar-refractivity contribution in [2.45, 2.75) is 13.8 Å². The molecule has 1 heterocycles. The van der Waals surface area contributed by atoms with Crippen molar-refractivity contribution in [1.82, 2.24) is 4.98 Å². The van der Waals surface area contributed by atoms with E-state index in [0.717, 1.165) is 15.0 Å². The van der Waals surface area contributed by atoms with Gasteiger partial charge in [0, 0.05) is 4.47 Å². The summed E-state index contributed by atoms with van der Waals surface area (Å²) in [7, 11) is 0. The molecule has 0 aliphatic heterocycles. The first-order valence-corrected chi connectivity index (χ1v) is 8.05. The van der Waals surface area contributed by atoms with Gasteiger partial charge < -0.3 is 0 Å². The van der Waals surface area contributed by atoms with Gasteiger partial charge in [-0.3, -0.25) is 0 Å². The Morgan fingerprint density at radius 2 is 1.80 bits per heavy atom. The fourth-order valence-corrected chi connectivity index (χ4v) is 3.41. The van der Waals surface area contributed by atoms with E-state index in [1.807, 2.05) is 18.2 Å². The van der Waals surface area contributed by atoms with Crippen LogP contribution in [0.15, 0.2) is 40.9 Å². The first-order chi connectivity index (χ1) is 9.63. The highest BCUT2D eigenvalue weighted by Crippen LogP contribution is 2.27. The normalized spacial score (nSPS) is 11.6. The number of fused-ring (bicyclic) bond motifs is 1. The van der Waals surface area contributed by atoms with Gasteiger partial charge in [-0.15, -0.1) is 11.3 Å². The van der Waals surface area contributed by atoms with Crippen molar-refractivity contribution in [2.75, 3.05) is 0 Å². The Kier molecular flexibility index (Phi) is 3.72. The third kappa shape index (κ3) is 2.69. The molecule has 1 aromatic heterocycles. The predicted octanol–water partition coefficient (Wildman–Crippen LogP) is 5.85. The Balaban J connectivity index is 1.97. The maximum absolute atomic E-state index is 4.68. The molecule has 3 heteroatoms. The Morgan fingerprint density at radius 1 is 1.05 bits per heavy atom. The molecule has 0 unspecified atom stereocenters. The van der Waals surface area contributed by atoms with E-state index in [1.165, 1.54) is 21.4 Å². The van der Waals surface area contributed by atoms with Crippen molar-refractivity contribution < 1.29 is 0 Å². The van der Waals surface area contributed by atoms with Crippen molar-refractivity contribution >= 4 is 49.6 Å². The summed E-state index contributed by atoms with van der Waals surface area (Å²) in [6, 6.07) is 12.6. The second kappa shape index (κ2) is 5.51. The van der Waals surface area contributed by atoms with E-state index >= 15 is 0 Å². The molecule has 0 bridgehead atoms. The van der Waals surface area contributed by atoms with E-state index < -0.39 is 0 Å². The number of aryl methyl sites for hydroxylation is 2. The monoisotopic (exact) mass is 343 g/mol. The Morgan fingerprint density at radius 3 is 2.60 bits per heavy atom. The molecule has 3 rings (SSSR count). The topological polar surface area (TPSA) is 12.9 Å². The van der Waals surface area contributed by atoms with E-state index in [9.17, 15) is 0 Å². The molecular formula is C17H14BrNS. The highest BCUT2D eigenvalue weighted by molar-refractivity contribution is 9.10. The minimum atomic E-state index is 1.04. The second-order valence-electron chi connectivity index (χ2n) is 4.81. The quantitative estimate of drug-likeness (QED) is 0.569. The molecule has 0 spiro atoms. The van der Waals surface area contributed by atoms with Crippen LogP contribution in [0, 0.1) is 13.8 Å². The maximum Gasteiger partial charge on any atom is 0.117 e. The van der Waals surface area contributed by atoms with Crippen molar-refractivity contribution in [1.29, 1.82) is 0 Å². The first kappa shape index (κ1) is 13.5. The fraction of sp³-hybridized carbons (Fsp3) is 0.118. The second-order valence-corrected chi connectivity index (χ2v) is 6.73. The summed E-state index contributed by atoms with van der Waals surface area (Å²) < 4.78 is 2.35. The van der Waals surface area contributed by atoms with Gasteiger partial charge in [-0.1, -0.05) is 40.2 Å². The third-order valence-electron chi connectivity index (χ3n) is 3.33. The number of nitrogens with zero attached hydrogens (tertiary/aromatic N) is 1. The number of benzene rings is 2. The zero-order chi connectivity index (χ0) is 14.1. The highest BCUT2D eigenvalue weighted by atomic mass is 79.9. The molecule has 0 amide bonds. The summed E-state index contributed by atoms with van der Waals surface area (Å²) in [4.78, 5) is 4.68. The van der Waals surface area contributed by atoms with Crippen LogP contribution in [0.4, 0.5) is 0 Å². The van der Waals surface area contributed by atoms with Gasteiger partial charge in [0.2, 0.25) is 0 Å². The largest absolute Gasteiger partial charge is 0.237 e. The highest BCUT2D eigenvalue weighted by Gasteiger charge is 2.04. The van der Waals surface area contributed by atoms with Crippen LogP contribution in [0.3, 0.4) is 0 Å². The average Bonchev–Trinajstić information content (AvgIpc) is 2.80. The minimum Gasteiger partial charge on any atom is -0.237 e. The Hall–Kier alpha value is -1.45. The molecule has 0 aliphatic carbocycles. The van der Waals surface area contributed by atoms with E-state index in [2.05, 4.69) is 65.1 Å². The van der Waals surface area contributed by atoms with E-state index in [0.29, 0.717) is 0 Å². The van der Waals surface area contributed by atoms with E-state index in [4.69, 9.17) is 0 Å². The van der Waals surface area contributed by atoms with Crippen LogP contribution in [0.1, 0.15) is 21.7 Å². The molecule has 0 radical (unpaired) electrons. The summed E-state index contributed by atoms with van der Waals surface area (Å²) in [6.07, 6.45) is 4.18. The van der Waals surface area contributed by atoms with Crippen molar-refractivity contribution in [3.05, 3.63) is 62.6 Å². The summed E-state index contributed by atoms with van der Waals surface area (Å²) in [5.74, 6) is 0. The molecule has 2 aromatic carbocycles. The van der Waals surface area contributed by atoms with Crippen LogP contribution in [0.25, 0.3) is 22.4 Å². The SMILES string of the molecule is Cc1cc2nc(C=Cc3ccccc3Br)sc2cc1C. The van der Waals surface area contributed by atoms with E-state index in [1.54, 1.807) is 11.3 Å². The molecule has 0 saturated carbocycles. The number of aromatic nitrogens is 1. The van der Waals surface area contributed by atoms with Gasteiger partial charge in [0.1, 0.15) is 5.01 Å². The lowest BCUT2D eigenvalue weighted by molar-refractivity contribution is 1.35. The van der Waals surface area contributed by atoms with E-state index in [-0.39, 0.29) is 0 Å². The molecule has 0 aliphatic rings. The predicted molar refractivity (Wildman–Crippen MR) is 92.2 cm³/mol. The number of hydrogen-bond acceptors (Lipinski definition) is 2. The first-order valence-electron chi connectivity index (χ1n) is 6.44. The van der Waals surface area contributed by atoms with Crippen molar-refractivity contribution in [3.8, 4) is 0 Å². The molecule has 3 aromatic rings. The summed E-state index contributed by atoms with van der Waals surface area (Å²) >= 11 is 5.29.